The largest absolute Gasteiger partial charge is 0.342 e. The Hall–Kier alpha value is -0.900. The van der Waals surface area contributed by atoms with Gasteiger partial charge in [-0.3, -0.25) is 14.5 Å². The lowest BCUT2D eigenvalue weighted by Crippen LogP contribution is -2.43. The maximum Gasteiger partial charge on any atom is 0.236 e. The first-order valence-electron chi connectivity index (χ1n) is 5.42. The average Bonchev–Trinajstić information content (AvgIpc) is 2.18. The molecule has 1 unspecified atom stereocenters. The second-order valence-corrected chi connectivity index (χ2v) is 3.77. The summed E-state index contributed by atoms with van der Waals surface area (Å²) in [6.45, 7) is 9.02. The zero-order valence-corrected chi connectivity index (χ0v) is 10.4. The molecular formula is C11H22N2O2. The molecule has 0 fully saturated rings. The number of carbonyl (C=O) groups excluding carboxylic acids is 2. The maximum absolute atomic E-state index is 11.7. The van der Waals surface area contributed by atoms with E-state index in [1.165, 1.54) is 0 Å². The molecule has 0 N–H and O–H groups in total. The van der Waals surface area contributed by atoms with Gasteiger partial charge in [0.1, 0.15) is 5.78 Å². The van der Waals surface area contributed by atoms with Crippen molar-refractivity contribution < 1.29 is 9.59 Å². The fraction of sp³-hybridized carbons (Fsp3) is 0.818. The first kappa shape index (κ1) is 14.1. The van der Waals surface area contributed by atoms with Crippen LogP contribution in [-0.2, 0) is 9.59 Å². The Kier molecular flexibility index (Phi) is 6.17. The lowest BCUT2D eigenvalue weighted by molar-refractivity contribution is -0.133. The Labute approximate surface area is 92.2 Å². The number of carbonyl (C=O) groups is 2. The van der Waals surface area contributed by atoms with Crippen LogP contribution in [0.2, 0.25) is 0 Å². The van der Waals surface area contributed by atoms with Crippen molar-refractivity contribution >= 4 is 11.7 Å². The lowest BCUT2D eigenvalue weighted by atomic mass is 10.2. The molecule has 0 aromatic carbocycles. The van der Waals surface area contributed by atoms with Gasteiger partial charge in [0.05, 0.1) is 12.6 Å². The van der Waals surface area contributed by atoms with E-state index in [0.717, 1.165) is 13.1 Å². The highest BCUT2D eigenvalue weighted by Crippen LogP contribution is 1.99. The number of ketones is 1. The molecule has 0 heterocycles. The molecule has 0 aromatic heterocycles. The van der Waals surface area contributed by atoms with Crippen LogP contribution in [0.5, 0.6) is 0 Å². The van der Waals surface area contributed by atoms with E-state index in [2.05, 4.69) is 0 Å². The van der Waals surface area contributed by atoms with Crippen molar-refractivity contribution in [3.05, 3.63) is 0 Å². The number of nitrogens with zero attached hydrogens (tertiary/aromatic N) is 2. The zero-order chi connectivity index (χ0) is 12.0. The van der Waals surface area contributed by atoms with Gasteiger partial charge in [-0.25, -0.2) is 0 Å². The molecule has 0 saturated carbocycles. The maximum atomic E-state index is 11.7. The summed E-state index contributed by atoms with van der Waals surface area (Å²) in [6, 6.07) is -0.190. The van der Waals surface area contributed by atoms with Gasteiger partial charge < -0.3 is 4.90 Å². The predicted octanol–water partition coefficient (Wildman–Crippen LogP) is 0.764. The van der Waals surface area contributed by atoms with Gasteiger partial charge in [-0.05, 0) is 34.7 Å². The molecule has 0 radical (unpaired) electrons. The molecule has 0 aliphatic rings. The zero-order valence-electron chi connectivity index (χ0n) is 10.4. The number of hydrogen-bond donors (Lipinski definition) is 0. The van der Waals surface area contributed by atoms with E-state index in [-0.39, 0.29) is 17.7 Å². The lowest BCUT2D eigenvalue weighted by Gasteiger charge is -2.25. The average molecular weight is 214 g/mol. The summed E-state index contributed by atoms with van der Waals surface area (Å²) in [5.41, 5.74) is 0. The molecule has 0 aliphatic heterocycles. The third-order valence-corrected chi connectivity index (χ3v) is 2.75. The highest BCUT2D eigenvalue weighted by atomic mass is 16.2. The number of hydrogen-bond acceptors (Lipinski definition) is 3. The second kappa shape index (κ2) is 6.56. The van der Waals surface area contributed by atoms with E-state index < -0.39 is 0 Å². The number of likely N-dealkylation sites (N-methyl/N-ethyl adjacent to an activating group) is 2. The van der Waals surface area contributed by atoms with E-state index in [0.29, 0.717) is 6.54 Å². The van der Waals surface area contributed by atoms with Gasteiger partial charge >= 0.3 is 0 Å². The molecule has 0 bridgehead atoms. The second-order valence-electron chi connectivity index (χ2n) is 3.77. The highest BCUT2D eigenvalue weighted by Gasteiger charge is 2.18. The van der Waals surface area contributed by atoms with E-state index >= 15 is 0 Å². The third-order valence-electron chi connectivity index (χ3n) is 2.75. The fourth-order valence-electron chi connectivity index (χ4n) is 1.34. The molecule has 0 aromatic rings. The van der Waals surface area contributed by atoms with Crippen molar-refractivity contribution in [3.8, 4) is 0 Å². The van der Waals surface area contributed by atoms with Crippen molar-refractivity contribution in [3.63, 3.8) is 0 Å². The molecule has 15 heavy (non-hydrogen) atoms. The Morgan fingerprint density at radius 3 is 2.00 bits per heavy atom. The Morgan fingerprint density at radius 2 is 1.67 bits per heavy atom. The van der Waals surface area contributed by atoms with Crippen LogP contribution in [0.15, 0.2) is 0 Å². The Bertz CT molecular complexity index is 225. The van der Waals surface area contributed by atoms with Crippen molar-refractivity contribution in [2.24, 2.45) is 0 Å². The summed E-state index contributed by atoms with van der Waals surface area (Å²) in [4.78, 5) is 26.4. The van der Waals surface area contributed by atoms with Crippen LogP contribution >= 0.6 is 0 Å². The van der Waals surface area contributed by atoms with Crippen LogP contribution in [0, 0.1) is 0 Å². The highest BCUT2D eigenvalue weighted by molar-refractivity contribution is 5.83. The van der Waals surface area contributed by atoms with Crippen LogP contribution < -0.4 is 0 Å². The molecule has 4 heteroatoms. The predicted molar refractivity (Wildman–Crippen MR) is 60.7 cm³/mol. The summed E-state index contributed by atoms with van der Waals surface area (Å²) in [7, 11) is 1.80. The quantitative estimate of drug-likeness (QED) is 0.655. The van der Waals surface area contributed by atoms with Crippen LogP contribution in [0.1, 0.15) is 27.7 Å². The van der Waals surface area contributed by atoms with Gasteiger partial charge in [0.2, 0.25) is 5.91 Å². The number of Topliss-reactive ketones (excluding diaryl/α,β-unsaturated/α-hetero) is 1. The minimum atomic E-state index is -0.190. The van der Waals surface area contributed by atoms with E-state index in [4.69, 9.17) is 0 Å². The van der Waals surface area contributed by atoms with Crippen molar-refractivity contribution in [1.29, 1.82) is 0 Å². The first-order chi connectivity index (χ1) is 6.93. The molecule has 0 aliphatic carbocycles. The Balaban J connectivity index is 4.22. The van der Waals surface area contributed by atoms with Crippen molar-refractivity contribution in [2.75, 3.05) is 26.7 Å². The molecule has 88 valence electrons. The van der Waals surface area contributed by atoms with Gasteiger partial charge in [0, 0.05) is 13.1 Å². The van der Waals surface area contributed by atoms with Gasteiger partial charge in [-0.1, -0.05) is 0 Å². The molecule has 4 nitrogen and oxygen atoms in total. The minimum absolute atomic E-state index is 0.0793. The minimum Gasteiger partial charge on any atom is -0.342 e. The third kappa shape index (κ3) is 4.42. The van der Waals surface area contributed by atoms with Gasteiger partial charge in [0.15, 0.2) is 0 Å². The van der Waals surface area contributed by atoms with Crippen LogP contribution in [-0.4, -0.2) is 54.2 Å². The smallest absolute Gasteiger partial charge is 0.236 e. The van der Waals surface area contributed by atoms with Crippen LogP contribution in [0.3, 0.4) is 0 Å². The van der Waals surface area contributed by atoms with E-state index in [9.17, 15) is 9.59 Å². The van der Waals surface area contributed by atoms with E-state index in [1.54, 1.807) is 23.8 Å². The fourth-order valence-corrected chi connectivity index (χ4v) is 1.34. The topological polar surface area (TPSA) is 40.6 Å². The molecule has 0 rings (SSSR count). The number of amides is 1. The van der Waals surface area contributed by atoms with Crippen molar-refractivity contribution in [1.82, 2.24) is 9.80 Å². The summed E-state index contributed by atoms with van der Waals surface area (Å²) in [6.07, 6.45) is 0. The monoisotopic (exact) mass is 214 g/mol. The Morgan fingerprint density at radius 1 is 1.20 bits per heavy atom. The van der Waals surface area contributed by atoms with Crippen LogP contribution in [0.4, 0.5) is 0 Å². The molecule has 1 atom stereocenters. The molecular weight excluding hydrogens is 192 g/mol. The summed E-state index contributed by atoms with van der Waals surface area (Å²) in [5.74, 6) is 0.167. The van der Waals surface area contributed by atoms with Crippen molar-refractivity contribution in [2.45, 2.75) is 33.7 Å². The normalized spacial score (nSPS) is 12.7. The molecule has 1 amide bonds. The number of rotatable bonds is 6. The summed E-state index contributed by atoms with van der Waals surface area (Å²) < 4.78 is 0. The first-order valence-corrected chi connectivity index (χ1v) is 5.42. The van der Waals surface area contributed by atoms with Gasteiger partial charge in [-0.15, -0.1) is 0 Å². The van der Waals surface area contributed by atoms with Gasteiger partial charge in [-0.2, -0.15) is 0 Å². The summed E-state index contributed by atoms with van der Waals surface area (Å²) >= 11 is 0. The SMILES string of the molecule is CCN(CC)C(=O)CN(C)C(C)C(C)=O. The van der Waals surface area contributed by atoms with E-state index in [1.807, 2.05) is 20.8 Å². The molecule has 0 spiro atoms. The van der Waals surface area contributed by atoms with Crippen LogP contribution in [0.25, 0.3) is 0 Å². The summed E-state index contributed by atoms with van der Waals surface area (Å²) in [5, 5.41) is 0. The molecule has 0 saturated heterocycles. The van der Waals surface area contributed by atoms with Gasteiger partial charge in [0.25, 0.3) is 0 Å². The standard InChI is InChI=1S/C11H22N2O2/c1-6-13(7-2)11(15)8-12(5)9(3)10(4)14/h9H,6-8H2,1-5H3.